The van der Waals surface area contributed by atoms with E-state index < -0.39 is 5.82 Å². The van der Waals surface area contributed by atoms with Gasteiger partial charge in [-0.3, -0.25) is 9.59 Å². The Morgan fingerprint density at radius 2 is 2.00 bits per heavy atom. The number of carbonyl (C=O) groups excluding carboxylic acids is 2. The summed E-state index contributed by atoms with van der Waals surface area (Å²) < 4.78 is 13.3. The Hall–Kier alpha value is -2.01. The molecule has 3 nitrogen and oxygen atoms in total. The molecule has 2 rings (SSSR count). The van der Waals surface area contributed by atoms with Crippen LogP contribution in [0.25, 0.3) is 0 Å². The second kappa shape index (κ2) is 5.75. The average molecular weight is 322 g/mol. The van der Waals surface area contributed by atoms with Crippen molar-refractivity contribution in [2.75, 3.05) is 5.32 Å². The maximum atomic E-state index is 12.9. The van der Waals surface area contributed by atoms with Crippen LogP contribution >= 0.6 is 15.9 Å². The fraction of sp³-hybridized carbons (Fsp3) is 0. The van der Waals surface area contributed by atoms with Crippen LogP contribution in [0.4, 0.5) is 10.1 Å². The summed E-state index contributed by atoms with van der Waals surface area (Å²) in [7, 11) is 0. The molecular weight excluding hydrogens is 313 g/mol. The average Bonchev–Trinajstić information content (AvgIpc) is 2.38. The van der Waals surface area contributed by atoms with Gasteiger partial charge in [0.15, 0.2) is 0 Å². The molecule has 1 N–H and O–H groups in total. The molecule has 2 aromatic rings. The number of anilines is 1. The van der Waals surface area contributed by atoms with Crippen LogP contribution in [0, 0.1) is 5.82 Å². The van der Waals surface area contributed by atoms with E-state index in [9.17, 15) is 14.0 Å². The van der Waals surface area contributed by atoms with Gasteiger partial charge >= 0.3 is 0 Å². The Labute approximate surface area is 117 Å². The third-order valence-electron chi connectivity index (χ3n) is 2.46. The summed E-state index contributed by atoms with van der Waals surface area (Å²) in [4.78, 5) is 22.6. The van der Waals surface area contributed by atoms with Gasteiger partial charge < -0.3 is 5.32 Å². The monoisotopic (exact) mass is 321 g/mol. The minimum Gasteiger partial charge on any atom is -0.322 e. The highest BCUT2D eigenvalue weighted by Crippen LogP contribution is 2.19. The first-order valence-electron chi connectivity index (χ1n) is 5.42. The first-order chi connectivity index (χ1) is 9.10. The minimum absolute atomic E-state index is 0.318. The van der Waals surface area contributed by atoms with Gasteiger partial charge in [-0.15, -0.1) is 0 Å². The lowest BCUT2D eigenvalue weighted by atomic mass is 10.2. The lowest BCUT2D eigenvalue weighted by Crippen LogP contribution is -2.12. The molecule has 0 bridgehead atoms. The summed E-state index contributed by atoms with van der Waals surface area (Å²) in [5, 5.41) is 2.64. The van der Waals surface area contributed by atoms with Crippen molar-refractivity contribution < 1.29 is 14.0 Å². The number of hydrogen-bond donors (Lipinski definition) is 1. The molecule has 0 aliphatic heterocycles. The largest absolute Gasteiger partial charge is 0.322 e. The number of amides is 1. The van der Waals surface area contributed by atoms with E-state index in [0.717, 1.165) is 0 Å². The predicted molar refractivity (Wildman–Crippen MR) is 73.9 cm³/mol. The van der Waals surface area contributed by atoms with E-state index in [1.807, 2.05) is 0 Å². The molecule has 0 spiro atoms. The van der Waals surface area contributed by atoms with Gasteiger partial charge in [0, 0.05) is 15.7 Å². The van der Waals surface area contributed by atoms with Crippen LogP contribution < -0.4 is 5.32 Å². The van der Waals surface area contributed by atoms with Crippen molar-refractivity contribution in [3.8, 4) is 0 Å². The lowest BCUT2D eigenvalue weighted by molar-refractivity contribution is 0.102. The zero-order valence-corrected chi connectivity index (χ0v) is 11.3. The van der Waals surface area contributed by atoms with Gasteiger partial charge in [0.25, 0.3) is 5.91 Å². The Balaban J connectivity index is 2.22. The molecule has 0 fully saturated rings. The summed E-state index contributed by atoms with van der Waals surface area (Å²) in [6.45, 7) is 0. The highest BCUT2D eigenvalue weighted by molar-refractivity contribution is 9.10. The van der Waals surface area contributed by atoms with Crippen LogP contribution in [0.2, 0.25) is 0 Å². The molecule has 1 amide bonds. The van der Waals surface area contributed by atoms with E-state index in [4.69, 9.17) is 0 Å². The second-order valence-corrected chi connectivity index (χ2v) is 4.68. The summed E-state index contributed by atoms with van der Waals surface area (Å²) >= 11 is 3.13. The first-order valence-corrected chi connectivity index (χ1v) is 6.21. The van der Waals surface area contributed by atoms with Crippen LogP contribution in [0.15, 0.2) is 46.9 Å². The van der Waals surface area contributed by atoms with Crippen LogP contribution in [-0.4, -0.2) is 12.2 Å². The van der Waals surface area contributed by atoms with E-state index in [1.54, 1.807) is 24.3 Å². The topological polar surface area (TPSA) is 46.2 Å². The standard InChI is InChI=1S/C14H9BrFNO2/c15-13-7-10(16)4-5-12(13)14(19)17-11-3-1-2-9(6-11)8-18/h1-8H,(H,17,19). The molecule has 0 atom stereocenters. The fourth-order valence-corrected chi connectivity index (χ4v) is 2.09. The molecule has 0 aliphatic carbocycles. The molecule has 0 aromatic heterocycles. The maximum absolute atomic E-state index is 12.9. The molecule has 0 aliphatic rings. The third-order valence-corrected chi connectivity index (χ3v) is 3.11. The Bertz CT molecular complexity index is 643. The van der Waals surface area contributed by atoms with Gasteiger partial charge in [-0.25, -0.2) is 4.39 Å². The molecule has 0 unspecified atom stereocenters. The Morgan fingerprint density at radius 3 is 2.68 bits per heavy atom. The third kappa shape index (κ3) is 3.26. The minimum atomic E-state index is -0.425. The van der Waals surface area contributed by atoms with Gasteiger partial charge in [0.1, 0.15) is 12.1 Å². The fourth-order valence-electron chi connectivity index (χ4n) is 1.56. The van der Waals surface area contributed by atoms with E-state index in [-0.39, 0.29) is 5.91 Å². The normalized spacial score (nSPS) is 10.0. The zero-order chi connectivity index (χ0) is 13.8. The summed E-state index contributed by atoms with van der Waals surface area (Å²) in [6.07, 6.45) is 0.698. The van der Waals surface area contributed by atoms with E-state index in [1.165, 1.54) is 18.2 Å². The van der Waals surface area contributed by atoms with Crippen molar-refractivity contribution in [1.82, 2.24) is 0 Å². The smallest absolute Gasteiger partial charge is 0.256 e. The van der Waals surface area contributed by atoms with Crippen LogP contribution in [0.3, 0.4) is 0 Å². The quantitative estimate of drug-likeness (QED) is 0.877. The van der Waals surface area contributed by atoms with Gasteiger partial charge in [-0.05, 0) is 46.3 Å². The number of rotatable bonds is 3. The Morgan fingerprint density at radius 1 is 1.21 bits per heavy atom. The number of hydrogen-bond acceptors (Lipinski definition) is 2. The van der Waals surface area contributed by atoms with Crippen molar-refractivity contribution in [3.63, 3.8) is 0 Å². The van der Waals surface area contributed by atoms with E-state index >= 15 is 0 Å². The zero-order valence-electron chi connectivity index (χ0n) is 9.69. The number of benzene rings is 2. The maximum Gasteiger partial charge on any atom is 0.256 e. The van der Waals surface area contributed by atoms with Gasteiger partial charge in [-0.1, -0.05) is 12.1 Å². The first kappa shape index (κ1) is 13.4. The molecule has 2 aromatic carbocycles. The molecule has 0 saturated heterocycles. The number of carbonyl (C=O) groups is 2. The predicted octanol–water partition coefficient (Wildman–Crippen LogP) is 3.65. The van der Waals surface area contributed by atoms with Gasteiger partial charge in [0.05, 0.1) is 5.56 Å². The number of halogens is 2. The van der Waals surface area contributed by atoms with Crippen molar-refractivity contribution >= 4 is 33.8 Å². The van der Waals surface area contributed by atoms with Crippen LogP contribution in [-0.2, 0) is 0 Å². The molecule has 0 radical (unpaired) electrons. The highest BCUT2D eigenvalue weighted by atomic mass is 79.9. The highest BCUT2D eigenvalue weighted by Gasteiger charge is 2.11. The van der Waals surface area contributed by atoms with Crippen LogP contribution in [0.1, 0.15) is 20.7 Å². The Kier molecular flexibility index (Phi) is 4.06. The number of nitrogens with one attached hydrogen (secondary N) is 1. The van der Waals surface area contributed by atoms with Crippen molar-refractivity contribution in [2.24, 2.45) is 0 Å². The molecule has 5 heteroatoms. The van der Waals surface area contributed by atoms with Crippen molar-refractivity contribution in [3.05, 3.63) is 63.9 Å². The molecule has 0 heterocycles. The van der Waals surface area contributed by atoms with Crippen LogP contribution in [0.5, 0.6) is 0 Å². The molecule has 96 valence electrons. The molecular formula is C14H9BrFNO2. The van der Waals surface area contributed by atoms with E-state index in [2.05, 4.69) is 21.2 Å². The van der Waals surface area contributed by atoms with Crippen molar-refractivity contribution in [1.29, 1.82) is 0 Å². The van der Waals surface area contributed by atoms with Gasteiger partial charge in [-0.2, -0.15) is 0 Å². The SMILES string of the molecule is O=Cc1cccc(NC(=O)c2ccc(F)cc2Br)c1. The summed E-state index contributed by atoms with van der Waals surface area (Å²) in [6, 6.07) is 10.3. The van der Waals surface area contributed by atoms with E-state index in [0.29, 0.717) is 27.6 Å². The summed E-state index contributed by atoms with van der Waals surface area (Å²) in [5.41, 5.74) is 1.29. The molecule has 0 saturated carbocycles. The van der Waals surface area contributed by atoms with Crippen molar-refractivity contribution in [2.45, 2.75) is 0 Å². The molecule has 19 heavy (non-hydrogen) atoms. The lowest BCUT2D eigenvalue weighted by Gasteiger charge is -2.07. The second-order valence-electron chi connectivity index (χ2n) is 3.82. The number of aldehydes is 1. The van der Waals surface area contributed by atoms with Gasteiger partial charge in [0.2, 0.25) is 0 Å². The summed E-state index contributed by atoms with van der Waals surface area (Å²) in [5.74, 6) is -0.804.